The largest absolute Gasteiger partial charge is 0.460 e. The Balaban J connectivity index is 0.00000466. The van der Waals surface area contributed by atoms with E-state index >= 15 is 0 Å². The van der Waals surface area contributed by atoms with Gasteiger partial charge in [-0.15, -0.1) is 0 Å². The summed E-state index contributed by atoms with van der Waals surface area (Å²) in [6, 6.07) is -2.96. The molecule has 1 amide bonds. The third-order valence-electron chi connectivity index (χ3n) is 5.63. The van der Waals surface area contributed by atoms with Crippen molar-refractivity contribution in [3.63, 3.8) is 0 Å². The van der Waals surface area contributed by atoms with Gasteiger partial charge in [-0.25, -0.2) is 0 Å². The van der Waals surface area contributed by atoms with E-state index in [-0.39, 0.29) is 5.92 Å². The number of likely N-dealkylation sites (tertiary alicyclic amines) is 1. The molecule has 2 unspecified atom stereocenters. The summed E-state index contributed by atoms with van der Waals surface area (Å²) in [4.78, 5) is 34.5. The smallest absolute Gasteiger partial charge is 0.344 e. The maximum atomic E-state index is 13.9. The Hall–Kier alpha value is -1.72. The van der Waals surface area contributed by atoms with Crippen molar-refractivity contribution in [1.29, 1.82) is 0 Å². The molecule has 1 aliphatic heterocycles. The Morgan fingerprint density at radius 2 is 1.47 bits per heavy atom. The highest BCUT2D eigenvalue weighted by Crippen LogP contribution is 2.47. The average molecular weight is 480 g/mol. The zero-order chi connectivity index (χ0) is 25.7. The maximum Gasteiger partial charge on any atom is 0.460 e. The van der Waals surface area contributed by atoms with Crippen LogP contribution in [0.1, 0.15) is 47.5 Å². The number of rotatable bonds is 9. The predicted molar refractivity (Wildman–Crippen MR) is 103 cm³/mol. The number of carbonyl (C=O) groups is 3. The van der Waals surface area contributed by atoms with E-state index < -0.39 is 47.7 Å². The minimum Gasteiger partial charge on any atom is -0.344 e. The van der Waals surface area contributed by atoms with Gasteiger partial charge in [0.2, 0.25) is 11.7 Å². The molecule has 0 saturated carbocycles. The first kappa shape index (κ1) is 30.3. The molecule has 12 heteroatoms. The lowest BCUT2D eigenvalue weighted by Gasteiger charge is -2.33. The van der Waals surface area contributed by atoms with Gasteiger partial charge in [-0.2, -0.15) is 30.7 Å². The Morgan fingerprint density at radius 3 is 1.88 bits per heavy atom. The van der Waals surface area contributed by atoms with Gasteiger partial charge in [-0.1, -0.05) is 34.6 Å². The molecular weight excluding hydrogens is 449 g/mol. The van der Waals surface area contributed by atoms with Crippen LogP contribution in [0, 0.1) is 17.8 Å². The highest BCUT2D eigenvalue weighted by Gasteiger charge is 2.76. The van der Waals surface area contributed by atoms with Crippen LogP contribution in [0.3, 0.4) is 0 Å². The van der Waals surface area contributed by atoms with Crippen molar-refractivity contribution in [1.82, 2.24) is 10.2 Å². The van der Waals surface area contributed by atoms with Crippen molar-refractivity contribution >= 4 is 18.5 Å². The van der Waals surface area contributed by atoms with Crippen LogP contribution >= 0.6 is 0 Å². The van der Waals surface area contributed by atoms with Crippen LogP contribution in [0.2, 0.25) is 0 Å². The number of hydrogen-bond acceptors (Lipinski definition) is 4. The molecule has 5 nitrogen and oxygen atoms in total. The van der Waals surface area contributed by atoms with Gasteiger partial charge in [0.25, 0.3) is 0 Å². The zero-order valence-electron chi connectivity index (χ0n) is 18.7. The van der Waals surface area contributed by atoms with Crippen molar-refractivity contribution < 1.29 is 45.1 Å². The number of carbonyl (C=O) groups excluding carboxylic acids is 3. The summed E-state index contributed by atoms with van der Waals surface area (Å²) in [6.45, 7) is 11.4. The number of ketones is 1. The molecule has 0 aromatic heterocycles. The third-order valence-corrected chi connectivity index (χ3v) is 5.63. The molecule has 1 heterocycles. The molecule has 0 aromatic carbocycles. The monoisotopic (exact) mass is 480 g/mol. The topological polar surface area (TPSA) is 66.5 Å². The highest BCUT2D eigenvalue weighted by atomic mass is 19.4. The molecule has 3 atom stereocenters. The van der Waals surface area contributed by atoms with Gasteiger partial charge < -0.3 is 10.1 Å². The van der Waals surface area contributed by atoms with Crippen LogP contribution in [0.4, 0.5) is 30.7 Å². The second kappa shape index (κ2) is 11.4. The molecule has 0 spiro atoms. The molecule has 0 radical (unpaired) electrons. The van der Waals surface area contributed by atoms with Crippen LogP contribution < -0.4 is 5.32 Å². The summed E-state index contributed by atoms with van der Waals surface area (Å²) in [6.07, 6.45) is -5.62. The fourth-order valence-corrected chi connectivity index (χ4v) is 3.23. The lowest BCUT2D eigenvalue weighted by Crippen LogP contribution is -2.63. The lowest BCUT2D eigenvalue weighted by molar-refractivity contribution is -0.344. The fourth-order valence-electron chi connectivity index (χ4n) is 3.23. The van der Waals surface area contributed by atoms with E-state index in [0.29, 0.717) is 31.8 Å². The van der Waals surface area contributed by atoms with Crippen LogP contribution in [0.25, 0.3) is 0 Å². The molecule has 1 rings (SSSR count). The second-order valence-corrected chi connectivity index (χ2v) is 8.62. The summed E-state index contributed by atoms with van der Waals surface area (Å²) < 4.78 is 91.6. The van der Waals surface area contributed by atoms with Crippen molar-refractivity contribution in [3.05, 3.63) is 0 Å². The molecule has 32 heavy (non-hydrogen) atoms. The van der Waals surface area contributed by atoms with Crippen molar-refractivity contribution in [2.75, 3.05) is 13.1 Å². The summed E-state index contributed by atoms with van der Waals surface area (Å²) in [7, 11) is 0. The second-order valence-electron chi connectivity index (χ2n) is 8.62. The highest BCUT2D eigenvalue weighted by molar-refractivity contribution is 5.96. The summed E-state index contributed by atoms with van der Waals surface area (Å²) in [5.74, 6) is -16.7. The number of alkyl halides is 7. The number of amides is 1. The number of halogens is 7. The number of nitrogens with one attached hydrogen (secondary N) is 1. The Morgan fingerprint density at radius 1 is 0.969 bits per heavy atom. The van der Waals surface area contributed by atoms with Gasteiger partial charge in [0, 0.05) is 6.54 Å². The Bertz CT molecular complexity index is 639. The van der Waals surface area contributed by atoms with E-state index in [0.717, 1.165) is 0 Å². The van der Waals surface area contributed by atoms with Gasteiger partial charge >= 0.3 is 18.0 Å². The maximum absolute atomic E-state index is 13.9. The molecule has 0 aromatic rings. The van der Waals surface area contributed by atoms with E-state index in [1.165, 1.54) is 13.8 Å². The number of hydrogen-bond donors (Lipinski definition) is 1. The average Bonchev–Trinajstić information content (AvgIpc) is 3.13. The summed E-state index contributed by atoms with van der Waals surface area (Å²) in [5, 5.41) is 2.01. The van der Waals surface area contributed by atoms with Gasteiger partial charge in [-0.3, -0.25) is 14.5 Å². The van der Waals surface area contributed by atoms with E-state index in [1.807, 2.05) is 37.8 Å². The summed E-state index contributed by atoms with van der Waals surface area (Å²) >= 11 is 0. The standard InChI is InChI=1S/C19H29F7N2O2.CH2O/c1-10(2)12(5)9-28-8-6-7-13(28)16(30)27-14(11(3)4)15(29)17(20,21)18(22,23)19(24,25)26;1-2/h10-14H,6-9H2,1-5H3,(H,27,30);1H2/t12?,13-,14?;/m0./s1. The first-order valence-electron chi connectivity index (χ1n) is 10.1. The van der Waals surface area contributed by atoms with Crippen LogP contribution in [0.15, 0.2) is 0 Å². The van der Waals surface area contributed by atoms with E-state index in [9.17, 15) is 40.3 Å². The quantitative estimate of drug-likeness (QED) is 0.505. The summed E-state index contributed by atoms with van der Waals surface area (Å²) in [5.41, 5.74) is 0. The molecule has 1 saturated heterocycles. The minimum absolute atomic E-state index is 0.204. The van der Waals surface area contributed by atoms with Crippen LogP contribution in [-0.4, -0.2) is 66.6 Å². The molecule has 1 fully saturated rings. The molecular formula is C20H31F7N2O3. The van der Waals surface area contributed by atoms with E-state index in [4.69, 9.17) is 4.79 Å². The molecule has 1 N–H and O–H groups in total. The third kappa shape index (κ3) is 6.64. The van der Waals surface area contributed by atoms with E-state index in [1.54, 1.807) is 0 Å². The zero-order valence-corrected chi connectivity index (χ0v) is 18.7. The number of Topliss-reactive ketones (excluding diaryl/α,β-unsaturated/α-hetero) is 1. The molecule has 1 aliphatic rings. The molecule has 188 valence electrons. The van der Waals surface area contributed by atoms with Crippen molar-refractivity contribution in [3.8, 4) is 0 Å². The first-order chi connectivity index (χ1) is 14.4. The SMILES string of the molecule is C=O.CC(C)C(C)CN1CCC[C@H]1C(=O)NC(C(=O)C(F)(F)C(F)(F)C(F)(F)F)C(C)C. The Labute approximate surface area is 183 Å². The van der Waals surface area contributed by atoms with E-state index in [2.05, 4.69) is 0 Å². The van der Waals surface area contributed by atoms with Crippen molar-refractivity contribution in [2.24, 2.45) is 17.8 Å². The van der Waals surface area contributed by atoms with Gasteiger partial charge in [0.1, 0.15) is 6.79 Å². The van der Waals surface area contributed by atoms with Gasteiger partial charge in [-0.05, 0) is 37.1 Å². The van der Waals surface area contributed by atoms with Crippen LogP contribution in [-0.2, 0) is 14.4 Å². The number of nitrogens with zero attached hydrogens (tertiary/aromatic N) is 1. The van der Waals surface area contributed by atoms with Crippen molar-refractivity contribution in [2.45, 2.75) is 77.6 Å². The fraction of sp³-hybridized carbons (Fsp3) is 0.850. The minimum atomic E-state index is -6.62. The molecule has 0 aliphatic carbocycles. The molecule has 0 bridgehead atoms. The van der Waals surface area contributed by atoms with Gasteiger partial charge in [0.15, 0.2) is 0 Å². The Kier molecular flexibility index (Phi) is 10.8. The normalized spacial score (nSPS) is 20.0. The van der Waals surface area contributed by atoms with Crippen LogP contribution in [0.5, 0.6) is 0 Å². The van der Waals surface area contributed by atoms with Gasteiger partial charge in [0.05, 0.1) is 12.1 Å². The first-order valence-corrected chi connectivity index (χ1v) is 10.1. The lowest BCUT2D eigenvalue weighted by atomic mass is 9.92. The predicted octanol–water partition coefficient (Wildman–Crippen LogP) is 4.10.